The highest BCUT2D eigenvalue weighted by molar-refractivity contribution is 9.10. The fourth-order valence-electron chi connectivity index (χ4n) is 1.40. The van der Waals surface area contributed by atoms with Crippen molar-refractivity contribution < 1.29 is 18.3 Å². The third kappa shape index (κ3) is 3.88. The van der Waals surface area contributed by atoms with E-state index in [0.717, 1.165) is 20.2 Å². The topological polar surface area (TPSA) is 101 Å². The lowest BCUT2D eigenvalue weighted by Crippen LogP contribution is -2.22. The summed E-state index contributed by atoms with van der Waals surface area (Å²) >= 11 is 4.71. The molecule has 2 aromatic heterocycles. The molecule has 2 heterocycles. The van der Waals surface area contributed by atoms with Crippen LogP contribution in [-0.4, -0.2) is 29.3 Å². The summed E-state index contributed by atoms with van der Waals surface area (Å²) in [4.78, 5) is 11.3. The number of sulfonamides is 1. The third-order valence-electron chi connectivity index (χ3n) is 2.28. The van der Waals surface area contributed by atoms with Crippen molar-refractivity contribution in [3.63, 3.8) is 0 Å². The molecule has 7 nitrogen and oxygen atoms in total. The van der Waals surface area contributed by atoms with Crippen LogP contribution in [0, 0.1) is 0 Å². The van der Waals surface area contributed by atoms with E-state index in [4.69, 9.17) is 5.11 Å². The van der Waals surface area contributed by atoms with Crippen LogP contribution in [0.4, 0.5) is 0 Å². The highest BCUT2D eigenvalue weighted by atomic mass is 79.9. The molecule has 2 N–H and O–H groups in total. The van der Waals surface area contributed by atoms with E-state index in [9.17, 15) is 13.2 Å². The minimum atomic E-state index is -3.70. The zero-order chi connectivity index (χ0) is 14.8. The molecule has 108 valence electrons. The molecule has 0 aliphatic rings. The van der Waals surface area contributed by atoms with Crippen molar-refractivity contribution in [2.45, 2.75) is 18.0 Å². The summed E-state index contributed by atoms with van der Waals surface area (Å²) in [7, 11) is -3.70. The van der Waals surface area contributed by atoms with Crippen LogP contribution in [0.25, 0.3) is 0 Å². The standard InChI is InChI=1S/C10H10BrN3O4S2/c11-7-1-8(19-6-7)2-13-20(17,18)9-3-12-14(4-9)5-10(15)16/h1,3-4,6,13H,2,5H2,(H,15,16). The molecule has 0 unspecified atom stereocenters. The first kappa shape index (κ1) is 15.2. The minimum absolute atomic E-state index is 0.0608. The average molecular weight is 380 g/mol. The normalized spacial score (nSPS) is 11.7. The Hall–Kier alpha value is -1.23. The Morgan fingerprint density at radius 1 is 1.55 bits per heavy atom. The molecule has 0 aliphatic heterocycles. The largest absolute Gasteiger partial charge is 0.480 e. The molecule has 0 amide bonds. The van der Waals surface area contributed by atoms with Crippen LogP contribution in [0.5, 0.6) is 0 Å². The van der Waals surface area contributed by atoms with Gasteiger partial charge >= 0.3 is 5.97 Å². The van der Waals surface area contributed by atoms with Gasteiger partial charge in [-0.25, -0.2) is 13.1 Å². The van der Waals surface area contributed by atoms with Crippen LogP contribution >= 0.6 is 27.3 Å². The van der Waals surface area contributed by atoms with Gasteiger partial charge in [0.05, 0.1) is 6.20 Å². The number of aromatic nitrogens is 2. The van der Waals surface area contributed by atoms with Gasteiger partial charge in [-0.3, -0.25) is 9.48 Å². The molecule has 0 radical (unpaired) electrons. The van der Waals surface area contributed by atoms with Gasteiger partial charge in [-0.05, 0) is 22.0 Å². The number of carboxylic acids is 1. The predicted octanol–water partition coefficient (Wildman–Crippen LogP) is 1.27. The molecular weight excluding hydrogens is 370 g/mol. The van der Waals surface area contributed by atoms with Crippen molar-refractivity contribution in [2.75, 3.05) is 0 Å². The lowest BCUT2D eigenvalue weighted by Gasteiger charge is -2.02. The summed E-state index contributed by atoms with van der Waals surface area (Å²) in [5, 5.41) is 14.2. The lowest BCUT2D eigenvalue weighted by molar-refractivity contribution is -0.137. The molecule has 0 aliphatic carbocycles. The molecule has 20 heavy (non-hydrogen) atoms. The van der Waals surface area contributed by atoms with Crippen molar-refractivity contribution in [3.05, 3.63) is 33.2 Å². The smallest absolute Gasteiger partial charge is 0.325 e. The number of halogens is 1. The second-order valence-electron chi connectivity index (χ2n) is 3.82. The molecule has 0 atom stereocenters. The number of aliphatic carboxylic acids is 1. The lowest BCUT2D eigenvalue weighted by atomic mass is 10.5. The number of nitrogens with zero attached hydrogens (tertiary/aromatic N) is 2. The Morgan fingerprint density at radius 3 is 2.90 bits per heavy atom. The van der Waals surface area contributed by atoms with Gasteiger partial charge < -0.3 is 5.11 Å². The second-order valence-corrected chi connectivity index (χ2v) is 7.50. The number of thiophene rings is 1. The van der Waals surface area contributed by atoms with Gasteiger partial charge in [0.25, 0.3) is 0 Å². The second kappa shape index (κ2) is 6.04. The zero-order valence-corrected chi connectivity index (χ0v) is 13.2. The number of nitrogens with one attached hydrogen (secondary N) is 1. The Labute approximate surface area is 127 Å². The predicted molar refractivity (Wildman–Crippen MR) is 75.9 cm³/mol. The molecule has 2 aromatic rings. The minimum Gasteiger partial charge on any atom is -0.480 e. The summed E-state index contributed by atoms with van der Waals surface area (Å²) in [5.74, 6) is -1.09. The van der Waals surface area contributed by atoms with Gasteiger partial charge in [-0.2, -0.15) is 5.10 Å². The van der Waals surface area contributed by atoms with Crippen LogP contribution in [0.1, 0.15) is 4.88 Å². The third-order valence-corrected chi connectivity index (χ3v) is 5.33. The van der Waals surface area contributed by atoms with E-state index in [-0.39, 0.29) is 18.0 Å². The fraction of sp³-hybridized carbons (Fsp3) is 0.200. The summed E-state index contributed by atoms with van der Waals surface area (Å²) in [6.45, 7) is -0.212. The van der Waals surface area contributed by atoms with E-state index in [2.05, 4.69) is 25.8 Å². The highest BCUT2D eigenvalue weighted by Crippen LogP contribution is 2.20. The van der Waals surface area contributed by atoms with Gasteiger partial charge in [-0.15, -0.1) is 11.3 Å². The number of rotatable bonds is 6. The average Bonchev–Trinajstić information content (AvgIpc) is 2.95. The molecule has 0 saturated heterocycles. The molecule has 0 fully saturated rings. The van der Waals surface area contributed by atoms with E-state index in [0.29, 0.717) is 0 Å². The Morgan fingerprint density at radius 2 is 2.30 bits per heavy atom. The van der Waals surface area contributed by atoms with Crippen LogP contribution in [0.3, 0.4) is 0 Å². The first-order chi connectivity index (χ1) is 9.37. The molecule has 0 spiro atoms. The number of carboxylic acid groups (broad SMARTS) is 1. The molecule has 2 rings (SSSR count). The van der Waals surface area contributed by atoms with E-state index >= 15 is 0 Å². The van der Waals surface area contributed by atoms with Crippen molar-refractivity contribution in [2.24, 2.45) is 0 Å². The molecule has 10 heteroatoms. The monoisotopic (exact) mass is 379 g/mol. The summed E-state index contributed by atoms with van der Waals surface area (Å²) in [6.07, 6.45) is 2.30. The fourth-order valence-corrected chi connectivity index (χ4v) is 3.85. The molecular formula is C10H10BrN3O4S2. The maximum atomic E-state index is 12.0. The quantitative estimate of drug-likeness (QED) is 0.786. The van der Waals surface area contributed by atoms with Crippen molar-refractivity contribution in [1.82, 2.24) is 14.5 Å². The van der Waals surface area contributed by atoms with E-state index in [1.54, 1.807) is 0 Å². The maximum absolute atomic E-state index is 12.0. The SMILES string of the molecule is O=C(O)Cn1cc(S(=O)(=O)NCc2cc(Br)cs2)cn1. The molecule has 0 aromatic carbocycles. The number of carbonyl (C=O) groups is 1. The van der Waals surface area contributed by atoms with Crippen LogP contribution in [0.15, 0.2) is 33.2 Å². The van der Waals surface area contributed by atoms with Gasteiger partial charge in [0, 0.05) is 27.5 Å². The number of hydrogen-bond acceptors (Lipinski definition) is 5. The van der Waals surface area contributed by atoms with Crippen molar-refractivity contribution >= 4 is 43.3 Å². The van der Waals surface area contributed by atoms with E-state index in [1.165, 1.54) is 17.5 Å². The first-order valence-electron chi connectivity index (χ1n) is 5.33. The molecule has 0 bridgehead atoms. The van der Waals surface area contributed by atoms with Crippen LogP contribution in [0.2, 0.25) is 0 Å². The van der Waals surface area contributed by atoms with Crippen LogP contribution in [-0.2, 0) is 27.9 Å². The Balaban J connectivity index is 2.06. The summed E-state index contributed by atoms with van der Waals surface area (Å²) in [5.41, 5.74) is 0. The maximum Gasteiger partial charge on any atom is 0.325 e. The zero-order valence-electron chi connectivity index (χ0n) is 9.98. The van der Waals surface area contributed by atoms with Gasteiger partial charge in [0.15, 0.2) is 0 Å². The first-order valence-corrected chi connectivity index (χ1v) is 8.49. The van der Waals surface area contributed by atoms with Gasteiger partial charge in [0.2, 0.25) is 10.0 Å². The van der Waals surface area contributed by atoms with Crippen molar-refractivity contribution in [1.29, 1.82) is 0 Å². The highest BCUT2D eigenvalue weighted by Gasteiger charge is 2.17. The molecule has 0 saturated carbocycles. The Kier molecular flexibility index (Phi) is 4.58. The number of hydrogen-bond donors (Lipinski definition) is 2. The summed E-state index contributed by atoms with van der Waals surface area (Å²) < 4.78 is 28.4. The van der Waals surface area contributed by atoms with E-state index < -0.39 is 16.0 Å². The van der Waals surface area contributed by atoms with E-state index in [1.807, 2.05) is 11.4 Å². The van der Waals surface area contributed by atoms with Crippen LogP contribution < -0.4 is 4.72 Å². The Bertz CT molecular complexity index is 722. The van der Waals surface area contributed by atoms with Gasteiger partial charge in [0.1, 0.15) is 11.4 Å². The van der Waals surface area contributed by atoms with Crippen molar-refractivity contribution in [3.8, 4) is 0 Å². The summed E-state index contributed by atoms with van der Waals surface area (Å²) in [6, 6.07) is 1.82. The van der Waals surface area contributed by atoms with Gasteiger partial charge in [-0.1, -0.05) is 0 Å².